The summed E-state index contributed by atoms with van der Waals surface area (Å²) in [5.41, 5.74) is -2.26. The molecule has 18 heavy (non-hydrogen) atoms. The van der Waals surface area contributed by atoms with E-state index in [9.17, 15) is 14.7 Å². The Hall–Kier alpha value is -1.77. The maximum atomic E-state index is 11.8. The first kappa shape index (κ1) is 14.3. The van der Waals surface area contributed by atoms with Crippen LogP contribution in [0, 0.1) is 16.7 Å². The highest BCUT2D eigenvalue weighted by molar-refractivity contribution is 5.78. The first-order chi connectivity index (χ1) is 8.20. The topological polar surface area (TPSA) is 93.5 Å². The van der Waals surface area contributed by atoms with Crippen molar-refractivity contribution in [2.45, 2.75) is 39.2 Å². The lowest BCUT2D eigenvalue weighted by molar-refractivity contribution is -0.317. The van der Waals surface area contributed by atoms with E-state index in [0.29, 0.717) is 13.0 Å². The number of likely N-dealkylation sites (tertiary alicyclic amines) is 1. The van der Waals surface area contributed by atoms with Crippen molar-refractivity contribution in [1.82, 2.24) is 4.90 Å². The lowest BCUT2D eigenvalue weighted by atomic mass is 9.81. The number of amides is 1. The molecule has 6 nitrogen and oxygen atoms in total. The Morgan fingerprint density at radius 3 is 2.50 bits per heavy atom. The molecule has 0 aliphatic carbocycles. The van der Waals surface area contributed by atoms with Crippen LogP contribution in [-0.4, -0.2) is 35.7 Å². The second-order valence-electron chi connectivity index (χ2n) is 5.49. The number of carboxylic acids is 1. The van der Waals surface area contributed by atoms with Crippen LogP contribution in [-0.2, 0) is 9.53 Å². The van der Waals surface area contributed by atoms with Gasteiger partial charge in [0.2, 0.25) is 0 Å². The van der Waals surface area contributed by atoms with Gasteiger partial charge in [0, 0.05) is 13.1 Å². The molecule has 1 unspecified atom stereocenters. The van der Waals surface area contributed by atoms with Gasteiger partial charge in [0.25, 0.3) is 0 Å². The Morgan fingerprint density at radius 1 is 1.44 bits per heavy atom. The van der Waals surface area contributed by atoms with Crippen molar-refractivity contribution in [2.75, 3.05) is 13.1 Å². The van der Waals surface area contributed by atoms with Crippen molar-refractivity contribution in [3.05, 3.63) is 0 Å². The standard InChI is InChI=1S/C12H18N2O4/c1-11(2,3)18-10(17)14-6-4-5-12(7-13,8-14)9(15)16/h4-6,8H2,1-3H3,(H,15,16)/p-1. The van der Waals surface area contributed by atoms with Crippen LogP contribution in [0.1, 0.15) is 33.6 Å². The third kappa shape index (κ3) is 3.13. The number of nitriles is 1. The van der Waals surface area contributed by atoms with Crippen molar-refractivity contribution in [3.63, 3.8) is 0 Å². The van der Waals surface area contributed by atoms with E-state index in [-0.39, 0.29) is 13.0 Å². The zero-order chi connectivity index (χ0) is 14.0. The Bertz CT molecular complexity index is 394. The average molecular weight is 253 g/mol. The summed E-state index contributed by atoms with van der Waals surface area (Å²) >= 11 is 0. The maximum Gasteiger partial charge on any atom is 0.410 e. The predicted octanol–water partition coefficient (Wildman–Crippen LogP) is 0.277. The van der Waals surface area contributed by atoms with Crippen LogP contribution in [0.25, 0.3) is 0 Å². The van der Waals surface area contributed by atoms with Gasteiger partial charge in [-0.25, -0.2) is 4.79 Å². The molecule has 0 aromatic rings. The quantitative estimate of drug-likeness (QED) is 0.669. The van der Waals surface area contributed by atoms with Crippen LogP contribution in [0.4, 0.5) is 4.79 Å². The van der Waals surface area contributed by atoms with Gasteiger partial charge in [-0.05, 0) is 33.6 Å². The number of ether oxygens (including phenoxy) is 1. The van der Waals surface area contributed by atoms with Crippen LogP contribution < -0.4 is 5.11 Å². The summed E-state index contributed by atoms with van der Waals surface area (Å²) in [6, 6.07) is 1.75. The fraction of sp³-hybridized carbons (Fsp3) is 0.750. The molecule has 6 heteroatoms. The van der Waals surface area contributed by atoms with E-state index in [4.69, 9.17) is 10.00 Å². The van der Waals surface area contributed by atoms with Gasteiger partial charge in [-0.2, -0.15) is 5.26 Å². The monoisotopic (exact) mass is 253 g/mol. The number of carbonyl (C=O) groups is 2. The first-order valence-electron chi connectivity index (χ1n) is 5.81. The van der Waals surface area contributed by atoms with E-state index in [1.165, 1.54) is 4.90 Å². The van der Waals surface area contributed by atoms with Crippen molar-refractivity contribution in [2.24, 2.45) is 5.41 Å². The number of nitrogens with zero attached hydrogens (tertiary/aromatic N) is 2. The molecule has 100 valence electrons. The molecule has 1 aliphatic heterocycles. The van der Waals surface area contributed by atoms with Crippen molar-refractivity contribution < 1.29 is 19.4 Å². The van der Waals surface area contributed by atoms with Crippen LogP contribution >= 0.6 is 0 Å². The lowest BCUT2D eigenvalue weighted by Crippen LogP contribution is -2.54. The predicted molar refractivity (Wildman–Crippen MR) is 60.1 cm³/mol. The van der Waals surface area contributed by atoms with Gasteiger partial charge in [0.05, 0.1) is 12.0 Å². The molecule has 1 rings (SSSR count). The molecular weight excluding hydrogens is 236 g/mol. The SMILES string of the molecule is CC(C)(C)OC(=O)N1CCCC(C#N)(C(=O)[O-])C1. The molecule has 0 aromatic carbocycles. The highest BCUT2D eigenvalue weighted by Gasteiger charge is 2.40. The molecule has 0 spiro atoms. The van der Waals surface area contributed by atoms with E-state index in [1.807, 2.05) is 0 Å². The third-order valence-corrected chi connectivity index (χ3v) is 2.75. The average Bonchev–Trinajstić information content (AvgIpc) is 2.26. The highest BCUT2D eigenvalue weighted by Crippen LogP contribution is 2.29. The van der Waals surface area contributed by atoms with Gasteiger partial charge >= 0.3 is 6.09 Å². The number of hydrogen-bond donors (Lipinski definition) is 0. The highest BCUT2D eigenvalue weighted by atomic mass is 16.6. The third-order valence-electron chi connectivity index (χ3n) is 2.75. The molecular formula is C12H17N2O4-. The van der Waals surface area contributed by atoms with E-state index >= 15 is 0 Å². The normalized spacial score (nSPS) is 24.2. The molecule has 1 aliphatic rings. The zero-order valence-corrected chi connectivity index (χ0v) is 10.9. The minimum Gasteiger partial charge on any atom is -0.548 e. The second kappa shape index (κ2) is 4.84. The molecule has 1 heterocycles. The van der Waals surface area contributed by atoms with Gasteiger partial charge in [0.15, 0.2) is 0 Å². The van der Waals surface area contributed by atoms with Gasteiger partial charge in [0.1, 0.15) is 11.0 Å². The number of aliphatic carboxylic acids is 1. The van der Waals surface area contributed by atoms with Gasteiger partial charge in [-0.15, -0.1) is 0 Å². The van der Waals surface area contributed by atoms with Crippen molar-refractivity contribution >= 4 is 12.1 Å². The molecule has 1 fully saturated rings. The molecule has 0 aromatic heterocycles. The summed E-state index contributed by atoms with van der Waals surface area (Å²) in [5, 5.41) is 20.0. The van der Waals surface area contributed by atoms with Crippen LogP contribution in [0.5, 0.6) is 0 Å². The van der Waals surface area contributed by atoms with Crippen LogP contribution in [0.2, 0.25) is 0 Å². The van der Waals surface area contributed by atoms with Crippen LogP contribution in [0.3, 0.4) is 0 Å². The fourth-order valence-corrected chi connectivity index (χ4v) is 1.84. The maximum absolute atomic E-state index is 11.8. The number of piperidine rings is 1. The van der Waals surface area contributed by atoms with Gasteiger partial charge < -0.3 is 19.5 Å². The summed E-state index contributed by atoms with van der Waals surface area (Å²) in [7, 11) is 0. The van der Waals surface area contributed by atoms with Crippen molar-refractivity contribution in [3.8, 4) is 6.07 Å². The second-order valence-corrected chi connectivity index (χ2v) is 5.49. The van der Waals surface area contributed by atoms with E-state index in [0.717, 1.165) is 0 Å². The number of rotatable bonds is 1. The minimum absolute atomic E-state index is 0.180. The van der Waals surface area contributed by atoms with E-state index in [1.54, 1.807) is 26.8 Å². The Labute approximate surface area is 106 Å². The Morgan fingerprint density at radius 2 is 2.06 bits per heavy atom. The Kier molecular flexibility index (Phi) is 3.85. The number of carbonyl (C=O) groups excluding carboxylic acids is 2. The smallest absolute Gasteiger partial charge is 0.410 e. The summed E-state index contributed by atoms with van der Waals surface area (Å²) in [6.45, 7) is 5.40. The fourth-order valence-electron chi connectivity index (χ4n) is 1.84. The van der Waals surface area contributed by atoms with Gasteiger partial charge in [-0.3, -0.25) is 0 Å². The minimum atomic E-state index is -1.62. The summed E-state index contributed by atoms with van der Waals surface area (Å²) in [6.07, 6.45) is 0.0504. The summed E-state index contributed by atoms with van der Waals surface area (Å²) < 4.78 is 5.16. The van der Waals surface area contributed by atoms with E-state index < -0.39 is 23.1 Å². The molecule has 0 saturated carbocycles. The molecule has 1 saturated heterocycles. The first-order valence-corrected chi connectivity index (χ1v) is 5.81. The molecule has 1 amide bonds. The molecule has 0 N–H and O–H groups in total. The molecule has 0 bridgehead atoms. The van der Waals surface area contributed by atoms with Gasteiger partial charge in [-0.1, -0.05) is 0 Å². The Balaban J connectivity index is 2.79. The molecule has 0 radical (unpaired) electrons. The largest absolute Gasteiger partial charge is 0.548 e. The lowest BCUT2D eigenvalue weighted by Gasteiger charge is -2.39. The summed E-state index contributed by atoms with van der Waals surface area (Å²) in [5.74, 6) is -1.43. The number of hydrogen-bond acceptors (Lipinski definition) is 5. The van der Waals surface area contributed by atoms with Crippen molar-refractivity contribution in [1.29, 1.82) is 5.26 Å². The zero-order valence-electron chi connectivity index (χ0n) is 10.9. The van der Waals surface area contributed by atoms with E-state index in [2.05, 4.69) is 0 Å². The summed E-state index contributed by atoms with van der Waals surface area (Å²) in [4.78, 5) is 24.1. The molecule has 1 atom stereocenters. The number of carboxylic acid groups (broad SMARTS) is 1. The van der Waals surface area contributed by atoms with Crippen LogP contribution in [0.15, 0.2) is 0 Å².